The second kappa shape index (κ2) is 7.28. The van der Waals surface area contributed by atoms with E-state index in [4.69, 9.17) is 4.74 Å². The van der Waals surface area contributed by atoms with Gasteiger partial charge in [0.1, 0.15) is 0 Å². The maximum atomic E-state index is 5.26. The van der Waals surface area contributed by atoms with Crippen LogP contribution in [0, 0.1) is 0 Å². The molecule has 0 saturated heterocycles. The highest BCUT2D eigenvalue weighted by Gasteiger charge is 2.13. The SMILES string of the molecule is CCCNc1nccn1C(CCC)COC. The normalized spacial score (nSPS) is 12.7. The van der Waals surface area contributed by atoms with Crippen LogP contribution in [-0.4, -0.2) is 29.8 Å². The summed E-state index contributed by atoms with van der Waals surface area (Å²) in [7, 11) is 1.75. The summed E-state index contributed by atoms with van der Waals surface area (Å²) in [6.45, 7) is 6.05. The van der Waals surface area contributed by atoms with Gasteiger partial charge in [-0.15, -0.1) is 0 Å². The summed E-state index contributed by atoms with van der Waals surface area (Å²) in [6, 6.07) is 0.386. The second-order valence-corrected chi connectivity index (χ2v) is 3.98. The van der Waals surface area contributed by atoms with Crippen molar-refractivity contribution < 1.29 is 4.74 Å². The van der Waals surface area contributed by atoms with Crippen molar-refractivity contribution in [3.05, 3.63) is 12.4 Å². The molecule has 0 spiro atoms. The summed E-state index contributed by atoms with van der Waals surface area (Å²) in [6.07, 6.45) is 7.24. The fraction of sp³-hybridized carbons (Fsp3) is 0.750. The molecule has 0 aromatic carbocycles. The van der Waals surface area contributed by atoms with Crippen molar-refractivity contribution in [1.82, 2.24) is 9.55 Å². The number of hydrogen-bond donors (Lipinski definition) is 1. The van der Waals surface area contributed by atoms with E-state index in [0.29, 0.717) is 6.04 Å². The molecular weight excluding hydrogens is 202 g/mol. The molecular formula is C12H23N3O. The molecule has 4 nitrogen and oxygen atoms in total. The van der Waals surface area contributed by atoms with E-state index in [1.165, 1.54) is 0 Å². The highest BCUT2D eigenvalue weighted by atomic mass is 16.5. The molecule has 0 aliphatic heterocycles. The maximum Gasteiger partial charge on any atom is 0.203 e. The van der Waals surface area contributed by atoms with Crippen LogP contribution in [0.4, 0.5) is 5.95 Å². The number of hydrogen-bond acceptors (Lipinski definition) is 3. The zero-order valence-electron chi connectivity index (χ0n) is 10.6. The summed E-state index contributed by atoms with van der Waals surface area (Å²) < 4.78 is 7.45. The summed E-state index contributed by atoms with van der Waals surface area (Å²) >= 11 is 0. The predicted molar refractivity (Wildman–Crippen MR) is 66.8 cm³/mol. The standard InChI is InChI=1S/C12H23N3O/c1-4-6-11(10-16-3)15-9-8-14-12(15)13-7-5-2/h8-9,11H,4-7,10H2,1-3H3,(H,13,14). The average Bonchev–Trinajstić information content (AvgIpc) is 2.74. The number of imidazole rings is 1. The number of anilines is 1. The molecule has 0 saturated carbocycles. The Morgan fingerprint density at radius 1 is 1.44 bits per heavy atom. The van der Waals surface area contributed by atoms with Crippen LogP contribution in [-0.2, 0) is 4.74 Å². The smallest absolute Gasteiger partial charge is 0.203 e. The minimum Gasteiger partial charge on any atom is -0.383 e. The molecule has 0 fully saturated rings. The molecule has 1 rings (SSSR count). The van der Waals surface area contributed by atoms with Gasteiger partial charge in [-0.25, -0.2) is 4.98 Å². The number of nitrogens with one attached hydrogen (secondary N) is 1. The zero-order valence-corrected chi connectivity index (χ0v) is 10.6. The lowest BCUT2D eigenvalue weighted by Gasteiger charge is -2.19. The first-order valence-electron chi connectivity index (χ1n) is 6.09. The number of aromatic nitrogens is 2. The molecule has 0 aliphatic carbocycles. The van der Waals surface area contributed by atoms with Crippen LogP contribution >= 0.6 is 0 Å². The van der Waals surface area contributed by atoms with Gasteiger partial charge in [-0.05, 0) is 12.8 Å². The summed E-state index contributed by atoms with van der Waals surface area (Å²) in [5.41, 5.74) is 0. The van der Waals surface area contributed by atoms with E-state index < -0.39 is 0 Å². The predicted octanol–water partition coefficient (Wildman–Crippen LogP) is 2.69. The van der Waals surface area contributed by atoms with E-state index in [1.807, 2.05) is 12.4 Å². The molecule has 4 heteroatoms. The van der Waals surface area contributed by atoms with Crippen molar-refractivity contribution in [3.8, 4) is 0 Å². The largest absolute Gasteiger partial charge is 0.383 e. The number of ether oxygens (including phenoxy) is 1. The van der Waals surface area contributed by atoms with Crippen LogP contribution in [0.5, 0.6) is 0 Å². The van der Waals surface area contributed by atoms with Crippen molar-refractivity contribution >= 4 is 5.95 Å². The summed E-state index contributed by atoms with van der Waals surface area (Å²) in [5, 5.41) is 3.34. The molecule has 0 aliphatic rings. The third-order valence-corrected chi connectivity index (χ3v) is 2.58. The van der Waals surface area contributed by atoms with E-state index in [9.17, 15) is 0 Å². The number of nitrogens with zero attached hydrogens (tertiary/aromatic N) is 2. The Kier molecular flexibility index (Phi) is 5.93. The van der Waals surface area contributed by atoms with Gasteiger partial charge in [-0.2, -0.15) is 0 Å². The monoisotopic (exact) mass is 225 g/mol. The molecule has 1 atom stereocenters. The van der Waals surface area contributed by atoms with Crippen molar-refractivity contribution in [2.45, 2.75) is 39.2 Å². The molecule has 1 unspecified atom stereocenters. The first-order chi connectivity index (χ1) is 7.83. The Morgan fingerprint density at radius 3 is 2.88 bits per heavy atom. The highest BCUT2D eigenvalue weighted by Crippen LogP contribution is 2.19. The van der Waals surface area contributed by atoms with Gasteiger partial charge in [0.15, 0.2) is 0 Å². The van der Waals surface area contributed by atoms with Crippen LogP contribution in [0.3, 0.4) is 0 Å². The molecule has 16 heavy (non-hydrogen) atoms. The Labute approximate surface area is 98.0 Å². The highest BCUT2D eigenvalue weighted by molar-refractivity contribution is 5.26. The Bertz CT molecular complexity index is 280. The van der Waals surface area contributed by atoms with E-state index in [0.717, 1.165) is 38.4 Å². The Morgan fingerprint density at radius 2 is 2.25 bits per heavy atom. The van der Waals surface area contributed by atoms with Gasteiger partial charge >= 0.3 is 0 Å². The number of rotatable bonds is 8. The van der Waals surface area contributed by atoms with Gasteiger partial charge in [-0.1, -0.05) is 20.3 Å². The van der Waals surface area contributed by atoms with Crippen LogP contribution < -0.4 is 5.32 Å². The van der Waals surface area contributed by atoms with Crippen LogP contribution in [0.2, 0.25) is 0 Å². The quantitative estimate of drug-likeness (QED) is 0.739. The van der Waals surface area contributed by atoms with Crippen LogP contribution in [0.15, 0.2) is 12.4 Å². The Balaban J connectivity index is 2.69. The second-order valence-electron chi connectivity index (χ2n) is 3.98. The van der Waals surface area contributed by atoms with Gasteiger partial charge in [0.25, 0.3) is 0 Å². The van der Waals surface area contributed by atoms with Gasteiger partial charge < -0.3 is 14.6 Å². The fourth-order valence-corrected chi connectivity index (χ4v) is 1.81. The van der Waals surface area contributed by atoms with E-state index in [1.54, 1.807) is 7.11 Å². The van der Waals surface area contributed by atoms with Gasteiger partial charge in [0, 0.05) is 26.0 Å². The lowest BCUT2D eigenvalue weighted by atomic mass is 10.2. The van der Waals surface area contributed by atoms with Crippen molar-refractivity contribution in [2.75, 3.05) is 25.6 Å². The van der Waals surface area contributed by atoms with Gasteiger partial charge in [-0.3, -0.25) is 0 Å². The van der Waals surface area contributed by atoms with E-state index >= 15 is 0 Å². The van der Waals surface area contributed by atoms with Gasteiger partial charge in [0.05, 0.1) is 12.6 Å². The molecule has 92 valence electrons. The number of methoxy groups -OCH3 is 1. The minimum atomic E-state index is 0.386. The third-order valence-electron chi connectivity index (χ3n) is 2.58. The Hall–Kier alpha value is -1.03. The fourth-order valence-electron chi connectivity index (χ4n) is 1.81. The van der Waals surface area contributed by atoms with Crippen molar-refractivity contribution in [3.63, 3.8) is 0 Å². The lowest BCUT2D eigenvalue weighted by Crippen LogP contribution is -2.17. The molecule has 0 bridgehead atoms. The zero-order chi connectivity index (χ0) is 11.8. The van der Waals surface area contributed by atoms with E-state index in [-0.39, 0.29) is 0 Å². The first kappa shape index (κ1) is 13.0. The summed E-state index contributed by atoms with van der Waals surface area (Å²) in [4.78, 5) is 4.34. The van der Waals surface area contributed by atoms with Crippen molar-refractivity contribution in [2.24, 2.45) is 0 Å². The molecule has 0 radical (unpaired) electrons. The molecule has 1 aromatic heterocycles. The van der Waals surface area contributed by atoms with Crippen LogP contribution in [0.1, 0.15) is 39.2 Å². The van der Waals surface area contributed by atoms with Crippen molar-refractivity contribution in [1.29, 1.82) is 0 Å². The minimum absolute atomic E-state index is 0.386. The van der Waals surface area contributed by atoms with Crippen LogP contribution in [0.25, 0.3) is 0 Å². The first-order valence-corrected chi connectivity index (χ1v) is 6.09. The maximum absolute atomic E-state index is 5.26. The average molecular weight is 225 g/mol. The topological polar surface area (TPSA) is 39.1 Å². The molecule has 1 aromatic rings. The molecule has 0 amide bonds. The summed E-state index contributed by atoms with van der Waals surface area (Å²) in [5.74, 6) is 0.956. The molecule has 1 heterocycles. The third kappa shape index (κ3) is 3.52. The van der Waals surface area contributed by atoms with E-state index in [2.05, 4.69) is 28.7 Å². The molecule has 1 N–H and O–H groups in total. The van der Waals surface area contributed by atoms with Gasteiger partial charge in [0.2, 0.25) is 5.95 Å². The lowest BCUT2D eigenvalue weighted by molar-refractivity contribution is 0.151.